The van der Waals surface area contributed by atoms with E-state index in [4.69, 9.17) is 19.2 Å². The lowest BCUT2D eigenvalue weighted by Crippen LogP contribution is -2.31. The Bertz CT molecular complexity index is 390. The molecule has 0 fully saturated rings. The van der Waals surface area contributed by atoms with Crippen LogP contribution in [0.15, 0.2) is 0 Å². The van der Waals surface area contributed by atoms with Crippen LogP contribution < -0.4 is 0 Å². The van der Waals surface area contributed by atoms with Crippen LogP contribution in [0, 0.1) is 5.41 Å². The average Bonchev–Trinajstić information content (AvgIpc) is 2.55. The standard InChI is InChI=1S/C17H32O8/c1-9-16(5,6)24-22-13(18)20-11-15(3,4)12-21-14(19)23-25-17(7,8)10-2/h9-12H2,1-8H3. The number of rotatable bonds is 10. The summed E-state index contributed by atoms with van der Waals surface area (Å²) in [6.07, 6.45) is -0.576. The van der Waals surface area contributed by atoms with Crippen LogP contribution in [0.1, 0.15) is 68.2 Å². The molecule has 148 valence electrons. The molecule has 0 radical (unpaired) electrons. The Morgan fingerprint density at radius 2 is 1.00 bits per heavy atom. The van der Waals surface area contributed by atoms with Gasteiger partial charge in [-0.2, -0.15) is 9.78 Å². The van der Waals surface area contributed by atoms with Gasteiger partial charge in [-0.05, 0) is 40.5 Å². The van der Waals surface area contributed by atoms with E-state index in [9.17, 15) is 9.59 Å². The first-order valence-corrected chi connectivity index (χ1v) is 8.37. The highest BCUT2D eigenvalue weighted by atomic mass is 17.2. The molecule has 25 heavy (non-hydrogen) atoms. The number of carbonyl (C=O) groups is 2. The lowest BCUT2D eigenvalue weighted by Gasteiger charge is -2.24. The number of hydrogen-bond acceptors (Lipinski definition) is 8. The molecule has 0 atom stereocenters. The second-order valence-electron chi connectivity index (χ2n) is 7.80. The summed E-state index contributed by atoms with van der Waals surface area (Å²) in [5.41, 5.74) is -1.82. The van der Waals surface area contributed by atoms with Gasteiger partial charge in [0, 0.05) is 5.41 Å². The van der Waals surface area contributed by atoms with Crippen LogP contribution in [-0.2, 0) is 29.0 Å². The Hall–Kier alpha value is -1.54. The Morgan fingerprint density at radius 3 is 1.28 bits per heavy atom. The van der Waals surface area contributed by atoms with E-state index in [2.05, 4.69) is 9.78 Å². The summed E-state index contributed by atoms with van der Waals surface area (Å²) >= 11 is 0. The molecule has 8 heteroatoms. The van der Waals surface area contributed by atoms with Gasteiger partial charge in [0.25, 0.3) is 0 Å². The quantitative estimate of drug-likeness (QED) is 0.317. The van der Waals surface area contributed by atoms with Crippen molar-refractivity contribution in [2.45, 2.75) is 79.4 Å². The van der Waals surface area contributed by atoms with Crippen LogP contribution >= 0.6 is 0 Å². The van der Waals surface area contributed by atoms with Gasteiger partial charge in [-0.25, -0.2) is 9.59 Å². The lowest BCUT2D eigenvalue weighted by molar-refractivity contribution is -0.320. The topological polar surface area (TPSA) is 89.5 Å². The molecule has 0 aliphatic carbocycles. The number of carbonyl (C=O) groups excluding carboxylic acids is 2. The fraction of sp³-hybridized carbons (Fsp3) is 0.882. The Morgan fingerprint density at radius 1 is 0.680 bits per heavy atom. The first-order chi connectivity index (χ1) is 11.3. The molecule has 0 aromatic heterocycles. The van der Waals surface area contributed by atoms with E-state index in [1.54, 1.807) is 41.5 Å². The van der Waals surface area contributed by atoms with Gasteiger partial charge < -0.3 is 9.47 Å². The first-order valence-electron chi connectivity index (χ1n) is 8.37. The molecule has 0 N–H and O–H groups in total. The summed E-state index contributed by atoms with van der Waals surface area (Å²) in [4.78, 5) is 42.2. The monoisotopic (exact) mass is 364 g/mol. The van der Waals surface area contributed by atoms with Gasteiger partial charge in [0.1, 0.15) is 24.4 Å². The summed E-state index contributed by atoms with van der Waals surface area (Å²) in [7, 11) is 0. The second-order valence-corrected chi connectivity index (χ2v) is 7.80. The highest BCUT2D eigenvalue weighted by Crippen LogP contribution is 2.19. The smallest absolute Gasteiger partial charge is 0.432 e. The molecule has 0 aromatic carbocycles. The first kappa shape index (κ1) is 23.5. The highest BCUT2D eigenvalue weighted by molar-refractivity contribution is 5.59. The fourth-order valence-electron chi connectivity index (χ4n) is 1.01. The molecule has 0 spiro atoms. The summed E-state index contributed by atoms with van der Waals surface area (Å²) in [5, 5.41) is 0. The molecule has 0 heterocycles. The van der Waals surface area contributed by atoms with Crippen molar-refractivity contribution >= 4 is 12.3 Å². The zero-order chi connectivity index (χ0) is 19.7. The van der Waals surface area contributed by atoms with Gasteiger partial charge in [0.05, 0.1) is 0 Å². The third-order valence-electron chi connectivity index (χ3n) is 3.54. The van der Waals surface area contributed by atoms with Gasteiger partial charge in [0.15, 0.2) is 0 Å². The molecule has 0 amide bonds. The molecule has 0 rings (SSSR count). The van der Waals surface area contributed by atoms with Gasteiger partial charge in [-0.1, -0.05) is 27.7 Å². The molecule has 0 bridgehead atoms. The fourth-order valence-corrected chi connectivity index (χ4v) is 1.01. The summed E-state index contributed by atoms with van der Waals surface area (Å²) in [6, 6.07) is 0. The minimum atomic E-state index is -0.954. The molecule has 0 aromatic rings. The highest BCUT2D eigenvalue weighted by Gasteiger charge is 2.27. The summed E-state index contributed by atoms with van der Waals surface area (Å²) in [6.45, 7) is 14.4. The number of ether oxygens (including phenoxy) is 2. The van der Waals surface area contributed by atoms with E-state index < -0.39 is 28.9 Å². The SMILES string of the molecule is CCC(C)(C)OOC(=O)OCC(C)(C)COC(=O)OOC(C)(C)CC. The van der Waals surface area contributed by atoms with Gasteiger partial charge in [-0.3, -0.25) is 9.78 Å². The van der Waals surface area contributed by atoms with Crippen molar-refractivity contribution in [2.24, 2.45) is 5.41 Å². The van der Waals surface area contributed by atoms with Crippen molar-refractivity contribution in [2.75, 3.05) is 13.2 Å². The van der Waals surface area contributed by atoms with E-state index in [0.717, 1.165) is 0 Å². The van der Waals surface area contributed by atoms with Crippen molar-refractivity contribution in [1.82, 2.24) is 0 Å². The third-order valence-corrected chi connectivity index (χ3v) is 3.54. The van der Waals surface area contributed by atoms with E-state index in [1.807, 2.05) is 13.8 Å². The minimum Gasteiger partial charge on any atom is -0.432 e. The average molecular weight is 364 g/mol. The second kappa shape index (κ2) is 9.82. The van der Waals surface area contributed by atoms with E-state index in [-0.39, 0.29) is 13.2 Å². The van der Waals surface area contributed by atoms with Crippen molar-refractivity contribution in [3.8, 4) is 0 Å². The van der Waals surface area contributed by atoms with Gasteiger partial charge >= 0.3 is 12.3 Å². The van der Waals surface area contributed by atoms with Crippen LogP contribution in [0.5, 0.6) is 0 Å². The van der Waals surface area contributed by atoms with Crippen LogP contribution in [0.2, 0.25) is 0 Å². The van der Waals surface area contributed by atoms with Crippen LogP contribution in [0.3, 0.4) is 0 Å². The van der Waals surface area contributed by atoms with Crippen molar-refractivity contribution in [3.05, 3.63) is 0 Å². The molecular weight excluding hydrogens is 332 g/mol. The van der Waals surface area contributed by atoms with Crippen LogP contribution in [0.4, 0.5) is 9.59 Å². The van der Waals surface area contributed by atoms with E-state index >= 15 is 0 Å². The third kappa shape index (κ3) is 11.6. The normalized spacial score (nSPS) is 12.5. The summed E-state index contributed by atoms with van der Waals surface area (Å²) < 4.78 is 9.92. The predicted octanol–water partition coefficient (Wildman–Crippen LogP) is 4.56. The van der Waals surface area contributed by atoms with Crippen molar-refractivity contribution < 1.29 is 38.6 Å². The maximum Gasteiger partial charge on any atom is 0.540 e. The van der Waals surface area contributed by atoms with Gasteiger partial charge in [0.2, 0.25) is 0 Å². The maximum absolute atomic E-state index is 11.5. The van der Waals surface area contributed by atoms with E-state index in [1.165, 1.54) is 0 Å². The Balaban J connectivity index is 4.12. The zero-order valence-corrected chi connectivity index (χ0v) is 16.6. The lowest BCUT2D eigenvalue weighted by atomic mass is 9.96. The molecular formula is C17H32O8. The molecule has 0 aliphatic rings. The molecule has 0 aliphatic heterocycles. The molecule has 0 saturated carbocycles. The largest absolute Gasteiger partial charge is 0.540 e. The minimum absolute atomic E-state index is 0.0314. The predicted molar refractivity (Wildman–Crippen MR) is 89.6 cm³/mol. The van der Waals surface area contributed by atoms with Crippen LogP contribution in [0.25, 0.3) is 0 Å². The Kier molecular flexibility index (Phi) is 9.21. The van der Waals surface area contributed by atoms with Crippen LogP contribution in [-0.4, -0.2) is 36.7 Å². The van der Waals surface area contributed by atoms with Crippen molar-refractivity contribution in [1.29, 1.82) is 0 Å². The molecule has 0 saturated heterocycles. The van der Waals surface area contributed by atoms with Gasteiger partial charge in [-0.15, -0.1) is 0 Å². The van der Waals surface area contributed by atoms with Crippen molar-refractivity contribution in [3.63, 3.8) is 0 Å². The molecule has 8 nitrogen and oxygen atoms in total. The Labute approximate surface area is 149 Å². The van der Waals surface area contributed by atoms with E-state index in [0.29, 0.717) is 12.8 Å². The molecule has 0 unspecified atom stereocenters. The summed E-state index contributed by atoms with van der Waals surface area (Å²) in [5.74, 6) is 0. The zero-order valence-electron chi connectivity index (χ0n) is 16.6. The maximum atomic E-state index is 11.5. The number of hydrogen-bond donors (Lipinski definition) is 0.